The lowest BCUT2D eigenvalue weighted by atomic mass is 10.0. The molecule has 2 heteroatoms. The molecule has 0 aliphatic carbocycles. The average Bonchev–Trinajstić information content (AvgIpc) is 2.54. The quantitative estimate of drug-likeness (QED) is 0.761. The molecule has 1 aliphatic rings. The molecule has 2 aromatic carbocycles. The maximum Gasteiger partial charge on any atom is 0.168 e. The number of aryl methyl sites for hydroxylation is 1. The number of hydrogen-bond donors (Lipinski definition) is 0. The molecule has 1 heterocycles. The number of carbonyl (C=O) groups excluding carboxylic acids is 1. The van der Waals surface area contributed by atoms with Crippen LogP contribution in [-0.4, -0.2) is 5.78 Å². The smallest absolute Gasteiger partial charge is 0.168 e. The minimum Gasteiger partial charge on any atom is -0.294 e. The van der Waals surface area contributed by atoms with Gasteiger partial charge < -0.3 is 0 Å². The molecule has 90 valence electrons. The number of fused-ring (bicyclic) bond motifs is 2. The Morgan fingerprint density at radius 3 is 2.78 bits per heavy atom. The number of carbonyl (C=O) groups is 1. The van der Waals surface area contributed by atoms with Gasteiger partial charge >= 0.3 is 0 Å². The van der Waals surface area contributed by atoms with Crippen molar-refractivity contribution in [2.75, 3.05) is 0 Å². The molecule has 2 aromatic rings. The molecule has 18 heavy (non-hydrogen) atoms. The van der Waals surface area contributed by atoms with Crippen molar-refractivity contribution in [3.05, 3.63) is 59.2 Å². The van der Waals surface area contributed by atoms with Crippen molar-refractivity contribution in [3.8, 4) is 0 Å². The largest absolute Gasteiger partial charge is 0.294 e. The normalized spacial score (nSPS) is 13.7. The lowest BCUT2D eigenvalue weighted by Gasteiger charge is -2.06. The van der Waals surface area contributed by atoms with Gasteiger partial charge in [-0.2, -0.15) is 0 Å². The van der Waals surface area contributed by atoms with Crippen molar-refractivity contribution in [2.45, 2.75) is 29.6 Å². The van der Waals surface area contributed by atoms with Crippen molar-refractivity contribution in [3.63, 3.8) is 0 Å². The van der Waals surface area contributed by atoms with Gasteiger partial charge in [0.25, 0.3) is 0 Å². The summed E-state index contributed by atoms with van der Waals surface area (Å²) in [5, 5.41) is 0. The van der Waals surface area contributed by atoms with Crippen LogP contribution < -0.4 is 0 Å². The molecule has 0 bridgehead atoms. The van der Waals surface area contributed by atoms with Gasteiger partial charge in [-0.1, -0.05) is 49.0 Å². The third-order valence-electron chi connectivity index (χ3n) is 3.29. The molecule has 0 spiro atoms. The molecule has 0 N–H and O–H groups in total. The van der Waals surface area contributed by atoms with Crippen molar-refractivity contribution in [2.24, 2.45) is 0 Å². The number of Topliss-reactive ketones (excluding diaryl/α,β-unsaturated/α-hetero) is 1. The lowest BCUT2D eigenvalue weighted by molar-refractivity contribution is 0.0990. The van der Waals surface area contributed by atoms with E-state index in [4.69, 9.17) is 0 Å². The third-order valence-corrected chi connectivity index (χ3v) is 4.49. The molecule has 0 saturated carbocycles. The van der Waals surface area contributed by atoms with Crippen LogP contribution in [0.4, 0.5) is 0 Å². The van der Waals surface area contributed by atoms with E-state index >= 15 is 0 Å². The van der Waals surface area contributed by atoms with Gasteiger partial charge in [0.2, 0.25) is 0 Å². The summed E-state index contributed by atoms with van der Waals surface area (Å²) < 4.78 is 0. The van der Waals surface area contributed by atoms with Crippen LogP contribution in [0.25, 0.3) is 0 Å². The van der Waals surface area contributed by atoms with Crippen LogP contribution in [-0.2, 0) is 12.8 Å². The van der Waals surface area contributed by atoms with Crippen molar-refractivity contribution < 1.29 is 4.79 Å². The highest BCUT2D eigenvalue weighted by molar-refractivity contribution is 7.99. The third kappa shape index (κ3) is 1.97. The summed E-state index contributed by atoms with van der Waals surface area (Å²) in [6.07, 6.45) is 1.53. The van der Waals surface area contributed by atoms with E-state index in [0.29, 0.717) is 6.42 Å². The van der Waals surface area contributed by atoms with Gasteiger partial charge in [-0.15, -0.1) is 0 Å². The monoisotopic (exact) mass is 254 g/mol. The Labute approximate surface area is 111 Å². The van der Waals surface area contributed by atoms with Crippen LogP contribution in [0, 0.1) is 0 Å². The first-order valence-electron chi connectivity index (χ1n) is 6.20. The van der Waals surface area contributed by atoms with Gasteiger partial charge in [0.05, 0.1) is 0 Å². The zero-order valence-electron chi connectivity index (χ0n) is 10.3. The Bertz CT molecular complexity index is 616. The second kappa shape index (κ2) is 4.62. The summed E-state index contributed by atoms with van der Waals surface area (Å²) in [5.41, 5.74) is 3.32. The first-order valence-corrected chi connectivity index (χ1v) is 7.01. The van der Waals surface area contributed by atoms with E-state index in [1.165, 1.54) is 16.0 Å². The van der Waals surface area contributed by atoms with Crippen LogP contribution in [0.3, 0.4) is 0 Å². The molecule has 0 radical (unpaired) electrons. The fraction of sp³-hybridized carbons (Fsp3) is 0.188. The van der Waals surface area contributed by atoms with Gasteiger partial charge in [-0.3, -0.25) is 4.79 Å². The van der Waals surface area contributed by atoms with Gasteiger partial charge in [0, 0.05) is 21.8 Å². The van der Waals surface area contributed by atoms with E-state index in [9.17, 15) is 4.79 Å². The van der Waals surface area contributed by atoms with Crippen LogP contribution >= 0.6 is 11.8 Å². The maximum absolute atomic E-state index is 12.3. The molecule has 1 aliphatic heterocycles. The van der Waals surface area contributed by atoms with Crippen molar-refractivity contribution >= 4 is 17.5 Å². The average molecular weight is 254 g/mol. The molecule has 0 unspecified atom stereocenters. The predicted molar refractivity (Wildman–Crippen MR) is 74.4 cm³/mol. The van der Waals surface area contributed by atoms with Gasteiger partial charge in [-0.05, 0) is 29.7 Å². The van der Waals surface area contributed by atoms with Crippen LogP contribution in [0.5, 0.6) is 0 Å². The molecule has 0 atom stereocenters. The lowest BCUT2D eigenvalue weighted by Crippen LogP contribution is -2.03. The Morgan fingerprint density at radius 1 is 1.11 bits per heavy atom. The second-order valence-corrected chi connectivity index (χ2v) is 5.58. The van der Waals surface area contributed by atoms with E-state index in [2.05, 4.69) is 25.1 Å². The fourth-order valence-corrected chi connectivity index (χ4v) is 3.34. The van der Waals surface area contributed by atoms with Crippen LogP contribution in [0.1, 0.15) is 28.4 Å². The maximum atomic E-state index is 12.3. The summed E-state index contributed by atoms with van der Waals surface area (Å²) >= 11 is 1.71. The molecular formula is C16H14OS. The van der Waals surface area contributed by atoms with Crippen molar-refractivity contribution in [1.29, 1.82) is 0 Å². The molecule has 1 nitrogen and oxygen atoms in total. The first kappa shape index (κ1) is 11.5. The summed E-state index contributed by atoms with van der Waals surface area (Å²) in [7, 11) is 0. The SMILES string of the molecule is CCc1ccc2c(c1)CC(=O)c1ccccc1S2. The van der Waals surface area contributed by atoms with Gasteiger partial charge in [-0.25, -0.2) is 0 Å². The zero-order chi connectivity index (χ0) is 12.5. The Balaban J connectivity index is 2.12. The molecule has 0 saturated heterocycles. The Morgan fingerprint density at radius 2 is 1.94 bits per heavy atom. The highest BCUT2D eigenvalue weighted by Crippen LogP contribution is 2.37. The minimum absolute atomic E-state index is 0.227. The minimum atomic E-state index is 0.227. The van der Waals surface area contributed by atoms with Crippen molar-refractivity contribution in [1.82, 2.24) is 0 Å². The van der Waals surface area contributed by atoms with E-state index in [-0.39, 0.29) is 5.78 Å². The second-order valence-electron chi connectivity index (χ2n) is 4.49. The van der Waals surface area contributed by atoms with Crippen LogP contribution in [0.2, 0.25) is 0 Å². The molecular weight excluding hydrogens is 240 g/mol. The molecule has 3 rings (SSSR count). The fourth-order valence-electron chi connectivity index (χ4n) is 2.26. The summed E-state index contributed by atoms with van der Waals surface area (Å²) in [6, 6.07) is 14.4. The van der Waals surface area contributed by atoms with Crippen LogP contribution in [0.15, 0.2) is 52.3 Å². The summed E-state index contributed by atoms with van der Waals surface area (Å²) in [4.78, 5) is 14.5. The number of rotatable bonds is 1. The van der Waals surface area contributed by atoms with E-state index in [1.807, 2.05) is 24.3 Å². The highest BCUT2D eigenvalue weighted by Gasteiger charge is 2.19. The Hall–Kier alpha value is -1.54. The number of benzene rings is 2. The first-order chi connectivity index (χ1) is 8.78. The summed E-state index contributed by atoms with van der Waals surface area (Å²) in [5.74, 6) is 0.227. The number of hydrogen-bond acceptors (Lipinski definition) is 2. The summed E-state index contributed by atoms with van der Waals surface area (Å²) in [6.45, 7) is 2.14. The van der Waals surface area contributed by atoms with E-state index in [0.717, 1.165) is 16.9 Å². The molecule has 0 fully saturated rings. The molecule has 0 amide bonds. The number of ketones is 1. The highest BCUT2D eigenvalue weighted by atomic mass is 32.2. The van der Waals surface area contributed by atoms with Gasteiger partial charge in [0.15, 0.2) is 5.78 Å². The zero-order valence-corrected chi connectivity index (χ0v) is 11.1. The Kier molecular flexibility index (Phi) is 2.96. The topological polar surface area (TPSA) is 17.1 Å². The predicted octanol–water partition coefficient (Wildman–Crippen LogP) is 4.14. The van der Waals surface area contributed by atoms with E-state index in [1.54, 1.807) is 11.8 Å². The molecule has 0 aromatic heterocycles. The van der Waals surface area contributed by atoms with Gasteiger partial charge in [0.1, 0.15) is 0 Å². The standard InChI is InChI=1S/C16H14OS/c1-2-11-7-8-15-12(9-11)10-14(17)13-5-3-4-6-16(13)18-15/h3-9H,2,10H2,1H3. The van der Waals surface area contributed by atoms with E-state index < -0.39 is 0 Å².